The highest BCUT2D eigenvalue weighted by Crippen LogP contribution is 2.46. The monoisotopic (exact) mass is 417 g/mol. The van der Waals surface area contributed by atoms with Crippen molar-refractivity contribution in [2.45, 2.75) is 102 Å². The highest BCUT2D eigenvalue weighted by molar-refractivity contribution is 5.87. The van der Waals surface area contributed by atoms with Gasteiger partial charge in [0.1, 0.15) is 0 Å². The molecular weight excluding hydrogens is 378 g/mol. The van der Waals surface area contributed by atoms with Gasteiger partial charge in [0.05, 0.1) is 30.0 Å². The normalized spacial score (nSPS) is 35.1. The zero-order valence-corrected chi connectivity index (χ0v) is 19.0. The predicted octanol–water partition coefficient (Wildman–Crippen LogP) is 4.22. The molecule has 1 spiro atoms. The number of carbonyl (C=O) groups excluding carboxylic acids is 1. The highest BCUT2D eigenvalue weighted by atomic mass is 16.6. The lowest BCUT2D eigenvalue weighted by molar-refractivity contribution is -0.117. The van der Waals surface area contributed by atoms with Gasteiger partial charge < -0.3 is 19.9 Å². The standard InChI is InChI=1S/C25H39NO4/c1-18(6-13-22-15-25(17-29-25)16-24(3,4)30-22)5-8-20-9-11-21(12-10-20)26-23(28)14-7-19(2)27/h5-7,13-14,19-22,27H,8-12,15-17H2,1-4H3,(H,26,28)/b13-6+,14-7-,18-5+/t19-,20?,21?,22+,25+/m0/s1. The van der Waals surface area contributed by atoms with E-state index in [-0.39, 0.29) is 29.3 Å². The Morgan fingerprint density at radius 3 is 2.57 bits per heavy atom. The number of aliphatic hydroxyl groups excluding tert-OH is 1. The molecule has 5 heteroatoms. The van der Waals surface area contributed by atoms with E-state index < -0.39 is 6.10 Å². The van der Waals surface area contributed by atoms with Crippen LogP contribution in [0.1, 0.15) is 72.6 Å². The van der Waals surface area contributed by atoms with Crippen molar-refractivity contribution >= 4 is 5.91 Å². The van der Waals surface area contributed by atoms with Crippen LogP contribution in [0.5, 0.6) is 0 Å². The molecule has 0 aromatic rings. The summed E-state index contributed by atoms with van der Waals surface area (Å²) in [6.07, 6.45) is 16.6. The second-order valence-corrected chi connectivity index (χ2v) is 10.1. The summed E-state index contributed by atoms with van der Waals surface area (Å²) in [6.45, 7) is 8.98. The molecule has 3 atom stereocenters. The number of aliphatic hydroxyl groups is 1. The number of hydrogen-bond acceptors (Lipinski definition) is 4. The van der Waals surface area contributed by atoms with E-state index >= 15 is 0 Å². The van der Waals surface area contributed by atoms with E-state index in [0.29, 0.717) is 5.92 Å². The summed E-state index contributed by atoms with van der Waals surface area (Å²) in [5.74, 6) is 0.578. The van der Waals surface area contributed by atoms with Crippen molar-refractivity contribution in [2.75, 3.05) is 6.61 Å². The van der Waals surface area contributed by atoms with Crippen LogP contribution in [0.15, 0.2) is 36.0 Å². The third-order valence-corrected chi connectivity index (χ3v) is 6.41. The number of carbonyl (C=O) groups is 1. The Labute approximate surface area is 181 Å². The molecule has 0 unspecified atom stereocenters. The van der Waals surface area contributed by atoms with Crippen LogP contribution in [-0.2, 0) is 14.3 Å². The molecule has 168 valence electrons. The molecule has 2 heterocycles. The van der Waals surface area contributed by atoms with E-state index in [1.807, 2.05) is 0 Å². The number of rotatable bonds is 7. The van der Waals surface area contributed by atoms with E-state index in [2.05, 4.69) is 44.3 Å². The van der Waals surface area contributed by atoms with Crippen molar-refractivity contribution in [3.8, 4) is 0 Å². The lowest BCUT2D eigenvalue weighted by atomic mass is 9.83. The fourth-order valence-corrected chi connectivity index (χ4v) is 4.84. The van der Waals surface area contributed by atoms with Gasteiger partial charge in [-0.2, -0.15) is 0 Å². The maximum atomic E-state index is 11.9. The molecule has 3 rings (SSSR count). The van der Waals surface area contributed by atoms with Gasteiger partial charge in [-0.1, -0.05) is 29.9 Å². The smallest absolute Gasteiger partial charge is 0.243 e. The zero-order valence-electron chi connectivity index (χ0n) is 19.0. The lowest BCUT2D eigenvalue weighted by Gasteiger charge is -2.38. The SMILES string of the molecule is CC(/C=C/[C@@H]1C[C@]2(CO2)CC(C)(C)O1)=C\CC1CCC(NC(=O)/C=C\[C@H](C)O)CC1. The van der Waals surface area contributed by atoms with E-state index in [1.54, 1.807) is 6.92 Å². The maximum absolute atomic E-state index is 11.9. The van der Waals surface area contributed by atoms with Crippen LogP contribution in [0.4, 0.5) is 0 Å². The van der Waals surface area contributed by atoms with E-state index in [1.165, 1.54) is 17.7 Å². The van der Waals surface area contributed by atoms with Gasteiger partial charge in [-0.25, -0.2) is 0 Å². The fourth-order valence-electron chi connectivity index (χ4n) is 4.84. The first-order valence-electron chi connectivity index (χ1n) is 11.5. The Morgan fingerprint density at radius 1 is 1.23 bits per heavy atom. The Hall–Kier alpha value is -1.43. The zero-order chi connectivity index (χ0) is 21.8. The van der Waals surface area contributed by atoms with Crippen LogP contribution < -0.4 is 5.32 Å². The van der Waals surface area contributed by atoms with Gasteiger partial charge in [-0.3, -0.25) is 4.79 Å². The van der Waals surface area contributed by atoms with Gasteiger partial charge >= 0.3 is 0 Å². The number of ether oxygens (including phenoxy) is 2. The first kappa shape index (κ1) is 23.2. The third-order valence-electron chi connectivity index (χ3n) is 6.41. The first-order chi connectivity index (χ1) is 14.1. The number of hydrogen-bond donors (Lipinski definition) is 2. The second-order valence-electron chi connectivity index (χ2n) is 10.1. The molecule has 0 bridgehead atoms. The average molecular weight is 418 g/mol. The summed E-state index contributed by atoms with van der Waals surface area (Å²) in [5, 5.41) is 12.3. The molecule has 1 amide bonds. The third kappa shape index (κ3) is 7.36. The summed E-state index contributed by atoms with van der Waals surface area (Å²) in [5.41, 5.74) is 1.22. The summed E-state index contributed by atoms with van der Waals surface area (Å²) in [4.78, 5) is 11.9. The van der Waals surface area contributed by atoms with Crippen LogP contribution in [0.3, 0.4) is 0 Å². The molecule has 5 nitrogen and oxygen atoms in total. The van der Waals surface area contributed by atoms with Gasteiger partial charge in [0, 0.05) is 25.0 Å². The molecule has 2 saturated heterocycles. The Balaban J connectivity index is 1.39. The molecule has 1 aliphatic carbocycles. The second kappa shape index (κ2) is 9.80. The molecule has 0 aromatic carbocycles. The minimum atomic E-state index is -0.588. The van der Waals surface area contributed by atoms with Crippen LogP contribution >= 0.6 is 0 Å². The van der Waals surface area contributed by atoms with Crippen molar-refractivity contribution < 1.29 is 19.4 Å². The number of allylic oxidation sites excluding steroid dienone is 3. The van der Waals surface area contributed by atoms with Gasteiger partial charge in [0.25, 0.3) is 0 Å². The number of nitrogens with one attached hydrogen (secondary N) is 1. The molecule has 0 radical (unpaired) electrons. The Bertz CT molecular complexity index is 673. The van der Waals surface area contributed by atoms with E-state index in [4.69, 9.17) is 9.47 Å². The molecule has 30 heavy (non-hydrogen) atoms. The maximum Gasteiger partial charge on any atom is 0.243 e. The molecule has 2 N–H and O–H groups in total. The van der Waals surface area contributed by atoms with Crippen LogP contribution in [0, 0.1) is 5.92 Å². The van der Waals surface area contributed by atoms with Crippen molar-refractivity contribution in [1.29, 1.82) is 0 Å². The van der Waals surface area contributed by atoms with Gasteiger partial charge in [0.15, 0.2) is 0 Å². The van der Waals surface area contributed by atoms with Crippen LogP contribution in [-0.4, -0.2) is 47.1 Å². The largest absolute Gasteiger partial charge is 0.389 e. The average Bonchev–Trinajstić information content (AvgIpc) is 3.40. The minimum absolute atomic E-state index is 0.0641. The van der Waals surface area contributed by atoms with Crippen molar-refractivity contribution in [3.63, 3.8) is 0 Å². The summed E-state index contributed by atoms with van der Waals surface area (Å²) < 4.78 is 11.9. The Morgan fingerprint density at radius 2 is 1.93 bits per heavy atom. The first-order valence-corrected chi connectivity index (χ1v) is 11.5. The van der Waals surface area contributed by atoms with Gasteiger partial charge in [0.2, 0.25) is 5.91 Å². The minimum Gasteiger partial charge on any atom is -0.389 e. The molecule has 1 saturated carbocycles. The topological polar surface area (TPSA) is 71.1 Å². The molecule has 2 aliphatic heterocycles. The summed E-state index contributed by atoms with van der Waals surface area (Å²) in [6, 6.07) is 0.251. The quantitative estimate of drug-likeness (QED) is 0.370. The fraction of sp³-hybridized carbons (Fsp3) is 0.720. The lowest BCUT2D eigenvalue weighted by Crippen LogP contribution is -2.43. The number of epoxide rings is 1. The Kier molecular flexibility index (Phi) is 7.59. The molecule has 0 aromatic heterocycles. The highest BCUT2D eigenvalue weighted by Gasteiger charge is 2.53. The van der Waals surface area contributed by atoms with Gasteiger partial charge in [-0.15, -0.1) is 0 Å². The summed E-state index contributed by atoms with van der Waals surface area (Å²) in [7, 11) is 0. The number of amides is 1. The van der Waals surface area contributed by atoms with E-state index in [9.17, 15) is 9.90 Å². The van der Waals surface area contributed by atoms with Crippen LogP contribution in [0.2, 0.25) is 0 Å². The summed E-state index contributed by atoms with van der Waals surface area (Å²) >= 11 is 0. The molecular formula is C25H39NO4. The van der Waals surface area contributed by atoms with Crippen LogP contribution in [0.25, 0.3) is 0 Å². The predicted molar refractivity (Wildman–Crippen MR) is 119 cm³/mol. The van der Waals surface area contributed by atoms with Gasteiger partial charge in [-0.05, 0) is 65.7 Å². The van der Waals surface area contributed by atoms with Crippen molar-refractivity contribution in [3.05, 3.63) is 36.0 Å². The molecule has 3 fully saturated rings. The van der Waals surface area contributed by atoms with E-state index in [0.717, 1.165) is 51.6 Å². The van der Waals surface area contributed by atoms with Crippen molar-refractivity contribution in [1.82, 2.24) is 5.32 Å². The molecule has 3 aliphatic rings. The van der Waals surface area contributed by atoms with Crippen molar-refractivity contribution in [2.24, 2.45) is 5.92 Å².